The van der Waals surface area contributed by atoms with E-state index in [1.54, 1.807) is 16.7 Å². The van der Waals surface area contributed by atoms with Crippen molar-refractivity contribution in [2.75, 3.05) is 19.6 Å². The van der Waals surface area contributed by atoms with E-state index in [-0.39, 0.29) is 16.9 Å². The molecular formula is C16H18FN6O+. The summed E-state index contributed by atoms with van der Waals surface area (Å²) in [6.45, 7) is 3.86. The van der Waals surface area contributed by atoms with Crippen LogP contribution in [0.3, 0.4) is 0 Å². The van der Waals surface area contributed by atoms with Crippen LogP contribution in [-0.2, 0) is 6.54 Å². The number of nitrogens with one attached hydrogen (secondary N) is 1. The lowest BCUT2D eigenvalue weighted by atomic mass is 10.3. The summed E-state index contributed by atoms with van der Waals surface area (Å²) in [4.78, 5) is 18.4. The van der Waals surface area contributed by atoms with Crippen LogP contribution in [0.5, 0.6) is 0 Å². The molecule has 1 N–H and O–H groups in total. The molecular weight excluding hydrogens is 311 g/mol. The molecule has 0 radical (unpaired) electrons. The first kappa shape index (κ1) is 14.9. The Hall–Kier alpha value is -2.61. The summed E-state index contributed by atoms with van der Waals surface area (Å²) in [7, 11) is 0. The number of aromatic nitrogens is 5. The van der Waals surface area contributed by atoms with Gasteiger partial charge in [-0.2, -0.15) is 4.68 Å². The smallest absolute Gasteiger partial charge is 0.283 e. The van der Waals surface area contributed by atoms with Gasteiger partial charge in [0, 0.05) is 12.8 Å². The van der Waals surface area contributed by atoms with Crippen LogP contribution in [0, 0.1) is 5.82 Å². The highest BCUT2D eigenvalue weighted by Gasteiger charge is 2.17. The third kappa shape index (κ3) is 2.69. The second-order valence-electron chi connectivity index (χ2n) is 6.10. The number of likely N-dealkylation sites (tertiary alicyclic amines) is 1. The van der Waals surface area contributed by atoms with Crippen molar-refractivity contribution >= 4 is 11.2 Å². The average molecular weight is 329 g/mol. The second-order valence-corrected chi connectivity index (χ2v) is 6.10. The predicted octanol–water partition coefficient (Wildman–Crippen LogP) is -0.205. The molecule has 1 fully saturated rings. The number of fused-ring (bicyclic) bond motifs is 1. The van der Waals surface area contributed by atoms with Crippen LogP contribution in [-0.4, -0.2) is 44.2 Å². The zero-order valence-electron chi connectivity index (χ0n) is 13.2. The molecule has 3 aromatic rings. The SMILES string of the molecule is O=c1c2nnn(-c3cccc(F)c3)c2ncn1CC[NH+]1CCCC1. The Bertz CT molecular complexity index is 928. The Balaban J connectivity index is 1.66. The Labute approximate surface area is 137 Å². The van der Waals surface area contributed by atoms with Crippen LogP contribution >= 0.6 is 0 Å². The lowest BCUT2D eigenvalue weighted by Gasteiger charge is -2.12. The number of quaternary nitrogens is 1. The molecule has 3 heterocycles. The summed E-state index contributed by atoms with van der Waals surface area (Å²) >= 11 is 0. The monoisotopic (exact) mass is 329 g/mol. The third-order valence-corrected chi connectivity index (χ3v) is 4.50. The van der Waals surface area contributed by atoms with E-state index in [2.05, 4.69) is 15.3 Å². The van der Waals surface area contributed by atoms with E-state index in [9.17, 15) is 9.18 Å². The van der Waals surface area contributed by atoms with Crippen molar-refractivity contribution in [3.63, 3.8) is 0 Å². The summed E-state index contributed by atoms with van der Waals surface area (Å²) in [6.07, 6.45) is 4.03. The highest BCUT2D eigenvalue weighted by molar-refractivity contribution is 5.70. The van der Waals surface area contributed by atoms with E-state index in [1.165, 1.54) is 54.0 Å². The van der Waals surface area contributed by atoms with Crippen molar-refractivity contribution in [3.05, 3.63) is 46.8 Å². The number of nitrogens with zero attached hydrogens (tertiary/aromatic N) is 5. The molecule has 7 nitrogen and oxygen atoms in total. The fraction of sp³-hybridized carbons (Fsp3) is 0.375. The zero-order valence-corrected chi connectivity index (χ0v) is 13.2. The summed E-state index contributed by atoms with van der Waals surface area (Å²) < 4.78 is 16.4. The molecule has 1 saturated heterocycles. The van der Waals surface area contributed by atoms with E-state index in [0.717, 1.165) is 6.54 Å². The molecule has 2 aromatic heterocycles. The topological polar surface area (TPSA) is 70.0 Å². The van der Waals surface area contributed by atoms with E-state index >= 15 is 0 Å². The van der Waals surface area contributed by atoms with Crippen molar-refractivity contribution in [2.24, 2.45) is 0 Å². The number of hydrogen-bond donors (Lipinski definition) is 1. The van der Waals surface area contributed by atoms with Crippen LogP contribution in [0.1, 0.15) is 12.8 Å². The zero-order chi connectivity index (χ0) is 16.5. The maximum absolute atomic E-state index is 13.4. The van der Waals surface area contributed by atoms with Crippen LogP contribution in [0.15, 0.2) is 35.4 Å². The van der Waals surface area contributed by atoms with Gasteiger partial charge >= 0.3 is 0 Å². The van der Waals surface area contributed by atoms with Gasteiger partial charge in [-0.25, -0.2) is 9.37 Å². The predicted molar refractivity (Wildman–Crippen MR) is 85.7 cm³/mol. The van der Waals surface area contributed by atoms with Crippen molar-refractivity contribution in [1.29, 1.82) is 0 Å². The molecule has 0 aliphatic carbocycles. The van der Waals surface area contributed by atoms with Gasteiger partial charge in [-0.05, 0) is 18.2 Å². The maximum Gasteiger partial charge on any atom is 0.283 e. The largest absolute Gasteiger partial charge is 0.333 e. The second kappa shape index (κ2) is 6.12. The summed E-state index contributed by atoms with van der Waals surface area (Å²) in [5.41, 5.74) is 0.832. The van der Waals surface area contributed by atoms with Gasteiger partial charge in [0.15, 0.2) is 11.2 Å². The molecule has 1 aliphatic rings. The Morgan fingerprint density at radius 2 is 2.08 bits per heavy atom. The van der Waals surface area contributed by atoms with Crippen molar-refractivity contribution < 1.29 is 9.29 Å². The first-order valence-electron chi connectivity index (χ1n) is 8.13. The Morgan fingerprint density at radius 1 is 1.25 bits per heavy atom. The third-order valence-electron chi connectivity index (χ3n) is 4.50. The van der Waals surface area contributed by atoms with Crippen LogP contribution < -0.4 is 10.5 Å². The van der Waals surface area contributed by atoms with Gasteiger partial charge in [0.2, 0.25) is 0 Å². The van der Waals surface area contributed by atoms with Gasteiger partial charge in [-0.1, -0.05) is 11.3 Å². The molecule has 0 unspecified atom stereocenters. The van der Waals surface area contributed by atoms with Crippen LogP contribution in [0.2, 0.25) is 0 Å². The molecule has 4 rings (SSSR count). The molecule has 24 heavy (non-hydrogen) atoms. The van der Waals surface area contributed by atoms with E-state index in [1.807, 2.05) is 0 Å². The molecule has 1 aromatic carbocycles. The van der Waals surface area contributed by atoms with Crippen molar-refractivity contribution in [1.82, 2.24) is 24.5 Å². The van der Waals surface area contributed by atoms with Gasteiger partial charge in [0.1, 0.15) is 12.1 Å². The standard InChI is InChI=1S/C16H17FN6O/c17-12-4-3-5-13(10-12)23-15-14(19-20-23)16(24)22(11-18-15)9-8-21-6-1-2-7-21/h3-5,10-11H,1-2,6-9H2/p+1. The summed E-state index contributed by atoms with van der Waals surface area (Å²) in [5.74, 6) is -0.377. The Morgan fingerprint density at radius 3 is 2.88 bits per heavy atom. The van der Waals surface area contributed by atoms with Gasteiger partial charge in [0.25, 0.3) is 5.56 Å². The number of rotatable bonds is 4. The highest BCUT2D eigenvalue weighted by Crippen LogP contribution is 2.12. The Kier molecular flexibility index (Phi) is 3.81. The van der Waals surface area contributed by atoms with Gasteiger partial charge in [0.05, 0.1) is 31.9 Å². The molecule has 8 heteroatoms. The van der Waals surface area contributed by atoms with Gasteiger partial charge in [-0.3, -0.25) is 9.36 Å². The number of hydrogen-bond acceptors (Lipinski definition) is 4. The fourth-order valence-electron chi connectivity index (χ4n) is 3.19. The maximum atomic E-state index is 13.4. The molecule has 0 amide bonds. The first-order valence-corrected chi connectivity index (χ1v) is 8.13. The minimum Gasteiger partial charge on any atom is -0.333 e. The van der Waals surface area contributed by atoms with E-state index < -0.39 is 0 Å². The van der Waals surface area contributed by atoms with E-state index in [0.29, 0.717) is 17.9 Å². The fourth-order valence-corrected chi connectivity index (χ4v) is 3.19. The van der Waals surface area contributed by atoms with Gasteiger partial charge < -0.3 is 4.90 Å². The highest BCUT2D eigenvalue weighted by atomic mass is 19.1. The molecule has 0 spiro atoms. The summed E-state index contributed by atoms with van der Waals surface area (Å²) in [5, 5.41) is 7.92. The summed E-state index contributed by atoms with van der Waals surface area (Å²) in [6, 6.07) is 5.96. The van der Waals surface area contributed by atoms with Crippen molar-refractivity contribution in [3.8, 4) is 5.69 Å². The molecule has 0 saturated carbocycles. The van der Waals surface area contributed by atoms with Gasteiger partial charge in [-0.15, -0.1) is 5.10 Å². The minimum atomic E-state index is -0.377. The minimum absolute atomic E-state index is 0.207. The number of halogens is 1. The number of benzene rings is 1. The van der Waals surface area contributed by atoms with E-state index in [4.69, 9.17) is 0 Å². The van der Waals surface area contributed by atoms with Crippen LogP contribution in [0.4, 0.5) is 4.39 Å². The quantitative estimate of drug-likeness (QED) is 0.719. The molecule has 1 aliphatic heterocycles. The van der Waals surface area contributed by atoms with Crippen LogP contribution in [0.25, 0.3) is 16.9 Å². The normalized spacial score (nSPS) is 15.4. The van der Waals surface area contributed by atoms with Crippen molar-refractivity contribution in [2.45, 2.75) is 19.4 Å². The average Bonchev–Trinajstić information content (AvgIpc) is 3.24. The molecule has 0 atom stereocenters. The molecule has 124 valence electrons. The lowest BCUT2D eigenvalue weighted by molar-refractivity contribution is -0.888. The lowest BCUT2D eigenvalue weighted by Crippen LogP contribution is -3.10. The first-order chi connectivity index (χ1) is 11.7. The molecule has 0 bridgehead atoms.